The molecule has 0 spiro atoms. The van der Waals surface area contributed by atoms with Crippen LogP contribution in [0, 0.1) is 10.1 Å². The Morgan fingerprint density at radius 1 is 1.46 bits per heavy atom. The monoisotopic (exact) mass is 198 g/mol. The van der Waals surface area contributed by atoms with Crippen LogP contribution in [0.5, 0.6) is 0 Å². The van der Waals surface area contributed by atoms with E-state index in [0.717, 1.165) is 6.20 Å². The SMILES string of the molecule is O=[N+]([O-])C=CNc1ccccc1Cl. The van der Waals surface area contributed by atoms with E-state index in [-0.39, 0.29) is 0 Å². The van der Waals surface area contributed by atoms with Gasteiger partial charge in [0.2, 0.25) is 6.20 Å². The number of anilines is 1. The number of nitro groups is 1. The van der Waals surface area contributed by atoms with Crippen molar-refractivity contribution >= 4 is 17.3 Å². The molecule has 0 aliphatic carbocycles. The lowest BCUT2D eigenvalue weighted by molar-refractivity contribution is -0.402. The number of nitrogens with zero attached hydrogens (tertiary/aromatic N) is 1. The number of para-hydroxylation sites is 1. The summed E-state index contributed by atoms with van der Waals surface area (Å²) in [6, 6.07) is 7.00. The van der Waals surface area contributed by atoms with Gasteiger partial charge >= 0.3 is 0 Å². The second kappa shape index (κ2) is 4.47. The zero-order valence-electron chi connectivity index (χ0n) is 6.61. The van der Waals surface area contributed by atoms with Crippen LogP contribution in [-0.2, 0) is 0 Å². The topological polar surface area (TPSA) is 55.2 Å². The highest BCUT2D eigenvalue weighted by molar-refractivity contribution is 6.33. The van der Waals surface area contributed by atoms with Crippen LogP contribution in [0.4, 0.5) is 5.69 Å². The number of nitrogens with one attached hydrogen (secondary N) is 1. The smallest absolute Gasteiger partial charge is 0.250 e. The molecular weight excluding hydrogens is 192 g/mol. The van der Waals surface area contributed by atoms with E-state index in [4.69, 9.17) is 11.6 Å². The van der Waals surface area contributed by atoms with Crippen molar-refractivity contribution in [1.82, 2.24) is 0 Å². The lowest BCUT2D eigenvalue weighted by atomic mass is 10.3. The van der Waals surface area contributed by atoms with Crippen LogP contribution < -0.4 is 5.32 Å². The van der Waals surface area contributed by atoms with Crippen molar-refractivity contribution in [3.63, 3.8) is 0 Å². The molecule has 0 saturated carbocycles. The summed E-state index contributed by atoms with van der Waals surface area (Å²) in [5, 5.41) is 13.1. The molecule has 0 aromatic heterocycles. The van der Waals surface area contributed by atoms with Crippen LogP contribution in [0.15, 0.2) is 36.7 Å². The zero-order valence-corrected chi connectivity index (χ0v) is 7.36. The highest BCUT2D eigenvalue weighted by Gasteiger charge is 1.94. The van der Waals surface area contributed by atoms with Gasteiger partial charge in [0.25, 0.3) is 0 Å². The van der Waals surface area contributed by atoms with Crippen molar-refractivity contribution in [2.75, 3.05) is 5.32 Å². The Balaban J connectivity index is 2.64. The Morgan fingerprint density at radius 3 is 2.77 bits per heavy atom. The average Bonchev–Trinajstić information content (AvgIpc) is 2.08. The Kier molecular flexibility index (Phi) is 3.28. The maximum Gasteiger partial charge on any atom is 0.250 e. The molecule has 1 N–H and O–H groups in total. The summed E-state index contributed by atoms with van der Waals surface area (Å²) in [5.74, 6) is 0. The molecule has 0 unspecified atom stereocenters. The highest BCUT2D eigenvalue weighted by Crippen LogP contribution is 2.19. The fourth-order valence-corrected chi connectivity index (χ4v) is 0.956. The predicted octanol–water partition coefficient (Wildman–Crippen LogP) is 2.50. The van der Waals surface area contributed by atoms with E-state index >= 15 is 0 Å². The van der Waals surface area contributed by atoms with Gasteiger partial charge in [-0.3, -0.25) is 10.1 Å². The Labute approximate surface area is 80.0 Å². The molecule has 0 aliphatic rings. The maximum atomic E-state index is 9.92. The summed E-state index contributed by atoms with van der Waals surface area (Å²) in [6.45, 7) is 0. The third kappa shape index (κ3) is 3.13. The highest BCUT2D eigenvalue weighted by atomic mass is 35.5. The third-order valence-electron chi connectivity index (χ3n) is 1.31. The number of hydrogen-bond donors (Lipinski definition) is 1. The van der Waals surface area contributed by atoms with Gasteiger partial charge < -0.3 is 5.32 Å². The van der Waals surface area contributed by atoms with E-state index in [1.807, 2.05) is 0 Å². The van der Waals surface area contributed by atoms with E-state index in [0.29, 0.717) is 10.7 Å². The van der Waals surface area contributed by atoms with Crippen molar-refractivity contribution in [1.29, 1.82) is 0 Å². The molecule has 0 saturated heterocycles. The fraction of sp³-hybridized carbons (Fsp3) is 0. The molecule has 0 bridgehead atoms. The summed E-state index contributed by atoms with van der Waals surface area (Å²) in [4.78, 5) is 9.37. The first-order chi connectivity index (χ1) is 6.20. The number of hydrogen-bond acceptors (Lipinski definition) is 3. The van der Waals surface area contributed by atoms with Crippen molar-refractivity contribution in [3.05, 3.63) is 51.8 Å². The van der Waals surface area contributed by atoms with Gasteiger partial charge in [-0.25, -0.2) is 0 Å². The first-order valence-corrected chi connectivity index (χ1v) is 3.89. The van der Waals surface area contributed by atoms with Crippen LogP contribution in [0.3, 0.4) is 0 Å². The largest absolute Gasteiger partial charge is 0.355 e. The van der Waals surface area contributed by atoms with Crippen LogP contribution in [-0.4, -0.2) is 4.92 Å². The van der Waals surface area contributed by atoms with Crippen LogP contribution >= 0.6 is 11.6 Å². The van der Waals surface area contributed by atoms with Crippen molar-refractivity contribution in [3.8, 4) is 0 Å². The van der Waals surface area contributed by atoms with E-state index in [1.165, 1.54) is 6.20 Å². The first kappa shape index (κ1) is 9.54. The molecule has 0 fully saturated rings. The van der Waals surface area contributed by atoms with E-state index in [1.54, 1.807) is 24.3 Å². The van der Waals surface area contributed by atoms with Crippen molar-refractivity contribution in [2.45, 2.75) is 0 Å². The Bertz CT molecular complexity index is 339. The van der Waals surface area contributed by atoms with Crippen molar-refractivity contribution < 1.29 is 4.92 Å². The maximum absolute atomic E-state index is 9.92. The minimum atomic E-state index is -0.552. The molecule has 13 heavy (non-hydrogen) atoms. The van der Waals surface area contributed by atoms with Crippen molar-refractivity contribution in [2.24, 2.45) is 0 Å². The molecule has 0 radical (unpaired) electrons. The molecule has 1 aromatic rings. The van der Waals surface area contributed by atoms with E-state index in [2.05, 4.69) is 5.32 Å². The van der Waals surface area contributed by atoms with Gasteiger partial charge in [-0.1, -0.05) is 23.7 Å². The quantitative estimate of drug-likeness (QED) is 0.600. The third-order valence-corrected chi connectivity index (χ3v) is 1.64. The summed E-state index contributed by atoms with van der Waals surface area (Å²) in [6.07, 6.45) is 2.03. The summed E-state index contributed by atoms with van der Waals surface area (Å²) in [5.41, 5.74) is 0.641. The van der Waals surface area contributed by atoms with Gasteiger partial charge in [-0.05, 0) is 12.1 Å². The Morgan fingerprint density at radius 2 is 2.15 bits per heavy atom. The standard InChI is InChI=1S/C8H7ClN2O2/c9-7-3-1-2-4-8(7)10-5-6-11(12)13/h1-6,10H. The fourth-order valence-electron chi connectivity index (χ4n) is 0.766. The summed E-state index contributed by atoms with van der Waals surface area (Å²) >= 11 is 5.77. The summed E-state index contributed by atoms with van der Waals surface area (Å²) < 4.78 is 0. The van der Waals surface area contributed by atoms with Gasteiger partial charge in [0.15, 0.2) is 0 Å². The molecule has 0 atom stereocenters. The Hall–Kier alpha value is -1.55. The number of halogens is 1. The normalized spacial score (nSPS) is 10.2. The van der Waals surface area contributed by atoms with Crippen LogP contribution in [0.25, 0.3) is 0 Å². The number of benzene rings is 1. The van der Waals surface area contributed by atoms with Gasteiger partial charge in [-0.2, -0.15) is 0 Å². The van der Waals surface area contributed by atoms with E-state index < -0.39 is 4.92 Å². The molecule has 0 aliphatic heterocycles. The van der Waals surface area contributed by atoms with Crippen LogP contribution in [0.1, 0.15) is 0 Å². The zero-order chi connectivity index (χ0) is 9.68. The summed E-state index contributed by atoms with van der Waals surface area (Å²) in [7, 11) is 0. The van der Waals surface area contributed by atoms with E-state index in [9.17, 15) is 10.1 Å². The van der Waals surface area contributed by atoms with Gasteiger partial charge in [0.05, 0.1) is 21.8 Å². The second-order valence-corrected chi connectivity index (χ2v) is 2.63. The second-order valence-electron chi connectivity index (χ2n) is 2.23. The van der Waals surface area contributed by atoms with Gasteiger partial charge in [-0.15, -0.1) is 0 Å². The van der Waals surface area contributed by atoms with Gasteiger partial charge in [0, 0.05) is 0 Å². The predicted molar refractivity (Wildman–Crippen MR) is 51.2 cm³/mol. The van der Waals surface area contributed by atoms with Crippen LogP contribution in [0.2, 0.25) is 5.02 Å². The molecule has 4 nitrogen and oxygen atoms in total. The first-order valence-electron chi connectivity index (χ1n) is 3.51. The average molecular weight is 199 g/mol. The molecular formula is C8H7ClN2O2. The molecule has 68 valence electrons. The minimum Gasteiger partial charge on any atom is -0.355 e. The van der Waals surface area contributed by atoms with Gasteiger partial charge in [0.1, 0.15) is 0 Å². The molecule has 5 heteroatoms. The molecule has 0 amide bonds. The molecule has 1 rings (SSSR count). The lowest BCUT2D eigenvalue weighted by Crippen LogP contribution is -1.91. The molecule has 1 aromatic carbocycles. The molecule has 0 heterocycles. The minimum absolute atomic E-state index is 0.524. The number of rotatable bonds is 3. The lowest BCUT2D eigenvalue weighted by Gasteiger charge is -2.00.